The molecule has 0 aliphatic heterocycles. The lowest BCUT2D eigenvalue weighted by atomic mass is 10.0. The van der Waals surface area contributed by atoms with Gasteiger partial charge in [-0.05, 0) is 35.4 Å². The molecule has 0 saturated heterocycles. The van der Waals surface area contributed by atoms with Crippen molar-refractivity contribution in [3.8, 4) is 11.1 Å². The highest BCUT2D eigenvalue weighted by Gasteiger charge is 2.15. The first-order valence-electron chi connectivity index (χ1n) is 8.30. The van der Waals surface area contributed by atoms with Gasteiger partial charge in [0.2, 0.25) is 0 Å². The monoisotopic (exact) mass is 362 g/mol. The van der Waals surface area contributed by atoms with Crippen molar-refractivity contribution in [2.45, 2.75) is 6.54 Å². The Morgan fingerprint density at radius 1 is 1.11 bits per heavy atom. The number of rotatable bonds is 5. The third-order valence-corrected chi connectivity index (χ3v) is 4.13. The number of nitrogens with zero attached hydrogens (tertiary/aromatic N) is 3. The number of nitro groups is 1. The fraction of sp³-hybridized carbons (Fsp3) is 0.100. The zero-order chi connectivity index (χ0) is 19.2. The van der Waals surface area contributed by atoms with Crippen molar-refractivity contribution in [1.82, 2.24) is 10.3 Å². The van der Waals surface area contributed by atoms with Gasteiger partial charge in [-0.2, -0.15) is 0 Å². The van der Waals surface area contributed by atoms with Crippen molar-refractivity contribution >= 4 is 17.4 Å². The number of amides is 2. The molecule has 0 bridgehead atoms. The number of carbonyl (C=O) groups is 1. The lowest BCUT2D eigenvalue weighted by Crippen LogP contribution is -2.37. The van der Waals surface area contributed by atoms with Crippen LogP contribution in [0.25, 0.3) is 11.1 Å². The summed E-state index contributed by atoms with van der Waals surface area (Å²) in [6.07, 6.45) is 3.38. The summed E-state index contributed by atoms with van der Waals surface area (Å²) in [6.45, 7) is 0.372. The Labute approximate surface area is 156 Å². The van der Waals surface area contributed by atoms with E-state index in [1.165, 1.54) is 17.0 Å². The predicted molar refractivity (Wildman–Crippen MR) is 103 cm³/mol. The zero-order valence-electron chi connectivity index (χ0n) is 14.7. The lowest BCUT2D eigenvalue weighted by Gasteiger charge is -2.21. The van der Waals surface area contributed by atoms with Gasteiger partial charge in [-0.3, -0.25) is 20.0 Å². The van der Waals surface area contributed by atoms with Crippen LogP contribution in [0.1, 0.15) is 5.56 Å². The highest BCUT2D eigenvalue weighted by Crippen LogP contribution is 2.31. The highest BCUT2D eigenvalue weighted by atomic mass is 16.6. The van der Waals surface area contributed by atoms with E-state index in [-0.39, 0.29) is 11.7 Å². The molecule has 2 amide bonds. The van der Waals surface area contributed by atoms with Crippen LogP contribution in [0, 0.1) is 10.1 Å². The third-order valence-electron chi connectivity index (χ3n) is 4.13. The van der Waals surface area contributed by atoms with Crippen molar-refractivity contribution in [2.75, 3.05) is 11.9 Å². The molecule has 7 heteroatoms. The SMILES string of the molecule is CN(C(=O)NCc1cccnc1)c1ccccc1-c1ccc([N+](=O)[O-])cc1. The molecule has 27 heavy (non-hydrogen) atoms. The number of pyridine rings is 1. The molecule has 0 spiro atoms. The second-order valence-corrected chi connectivity index (χ2v) is 5.90. The van der Waals surface area contributed by atoms with E-state index in [0.29, 0.717) is 12.2 Å². The molecule has 136 valence electrons. The Bertz CT molecular complexity index is 943. The Balaban J connectivity index is 1.80. The van der Waals surface area contributed by atoms with Gasteiger partial charge in [0.1, 0.15) is 0 Å². The average Bonchev–Trinajstić information content (AvgIpc) is 2.72. The van der Waals surface area contributed by atoms with Gasteiger partial charge in [-0.15, -0.1) is 0 Å². The van der Waals surface area contributed by atoms with Crippen molar-refractivity contribution in [3.05, 3.63) is 88.7 Å². The topological polar surface area (TPSA) is 88.4 Å². The number of urea groups is 1. The molecule has 3 aromatic rings. The summed E-state index contributed by atoms with van der Waals surface area (Å²) in [4.78, 5) is 28.5. The van der Waals surface area contributed by atoms with Crippen molar-refractivity contribution in [2.24, 2.45) is 0 Å². The van der Waals surface area contributed by atoms with E-state index >= 15 is 0 Å². The van der Waals surface area contributed by atoms with Gasteiger partial charge in [0.05, 0.1) is 10.6 Å². The van der Waals surface area contributed by atoms with Crippen LogP contribution in [0.15, 0.2) is 73.1 Å². The van der Waals surface area contributed by atoms with Crippen molar-refractivity contribution in [3.63, 3.8) is 0 Å². The normalized spacial score (nSPS) is 10.3. The first-order chi connectivity index (χ1) is 13.1. The molecule has 0 fully saturated rings. The summed E-state index contributed by atoms with van der Waals surface area (Å²) in [5, 5.41) is 13.7. The predicted octanol–water partition coefficient (Wildman–Crippen LogP) is 4.00. The van der Waals surface area contributed by atoms with Gasteiger partial charge < -0.3 is 5.32 Å². The minimum Gasteiger partial charge on any atom is -0.334 e. The van der Waals surface area contributed by atoms with Crippen LogP contribution in [0.5, 0.6) is 0 Å². The maximum Gasteiger partial charge on any atom is 0.321 e. The fourth-order valence-electron chi connectivity index (χ4n) is 2.68. The molecule has 0 atom stereocenters. The van der Waals surface area contributed by atoms with Crippen LogP contribution < -0.4 is 10.2 Å². The molecule has 7 nitrogen and oxygen atoms in total. The van der Waals surface area contributed by atoms with Crippen molar-refractivity contribution in [1.29, 1.82) is 0 Å². The number of hydrogen-bond donors (Lipinski definition) is 1. The first kappa shape index (κ1) is 18.1. The number of hydrogen-bond acceptors (Lipinski definition) is 4. The van der Waals surface area contributed by atoms with Gasteiger partial charge in [0, 0.05) is 43.7 Å². The summed E-state index contributed by atoms with van der Waals surface area (Å²) in [7, 11) is 1.68. The molecular weight excluding hydrogens is 344 g/mol. The van der Waals surface area contributed by atoms with E-state index < -0.39 is 4.92 Å². The van der Waals surface area contributed by atoms with Gasteiger partial charge >= 0.3 is 6.03 Å². The van der Waals surface area contributed by atoms with E-state index in [9.17, 15) is 14.9 Å². The Morgan fingerprint density at radius 3 is 2.52 bits per heavy atom. The standard InChI is InChI=1S/C20H18N4O3/c1-23(20(25)22-14-15-5-4-12-21-13-15)19-7-3-2-6-18(19)16-8-10-17(11-9-16)24(26)27/h2-13H,14H2,1H3,(H,22,25). The lowest BCUT2D eigenvalue weighted by molar-refractivity contribution is -0.384. The molecule has 0 aliphatic carbocycles. The number of benzene rings is 2. The molecule has 0 radical (unpaired) electrons. The summed E-state index contributed by atoms with van der Waals surface area (Å²) in [5.41, 5.74) is 3.24. The van der Waals surface area contributed by atoms with Crippen LogP contribution in [-0.4, -0.2) is 23.0 Å². The van der Waals surface area contributed by atoms with Gasteiger partial charge in [-0.1, -0.05) is 24.3 Å². The van der Waals surface area contributed by atoms with Gasteiger partial charge in [0.15, 0.2) is 0 Å². The smallest absolute Gasteiger partial charge is 0.321 e. The number of nitrogens with one attached hydrogen (secondary N) is 1. The quantitative estimate of drug-likeness (QED) is 0.549. The molecular formula is C20H18N4O3. The second kappa shape index (κ2) is 8.09. The molecule has 0 unspecified atom stereocenters. The van der Waals surface area contributed by atoms with Crippen LogP contribution in [0.4, 0.5) is 16.2 Å². The Kier molecular flexibility index (Phi) is 5.41. The van der Waals surface area contributed by atoms with Crippen LogP contribution >= 0.6 is 0 Å². The molecule has 1 aromatic heterocycles. The molecule has 2 aromatic carbocycles. The number of aromatic nitrogens is 1. The van der Waals surface area contributed by atoms with E-state index in [0.717, 1.165) is 16.7 Å². The van der Waals surface area contributed by atoms with Crippen LogP contribution in [0.3, 0.4) is 0 Å². The van der Waals surface area contributed by atoms with E-state index in [2.05, 4.69) is 10.3 Å². The molecule has 1 N–H and O–H groups in total. The Morgan fingerprint density at radius 2 is 1.85 bits per heavy atom. The molecule has 0 saturated carbocycles. The van der Waals surface area contributed by atoms with Crippen LogP contribution in [-0.2, 0) is 6.54 Å². The largest absolute Gasteiger partial charge is 0.334 e. The molecule has 0 aliphatic rings. The highest BCUT2D eigenvalue weighted by molar-refractivity contribution is 5.96. The average molecular weight is 362 g/mol. The number of nitro benzene ring substituents is 1. The minimum atomic E-state index is -0.437. The summed E-state index contributed by atoms with van der Waals surface area (Å²) in [6, 6.07) is 17.1. The molecule has 1 heterocycles. The third kappa shape index (κ3) is 4.27. The summed E-state index contributed by atoms with van der Waals surface area (Å²) < 4.78 is 0. The van der Waals surface area contributed by atoms with E-state index in [1.807, 2.05) is 36.4 Å². The van der Waals surface area contributed by atoms with Gasteiger partial charge in [-0.25, -0.2) is 4.79 Å². The fourth-order valence-corrected chi connectivity index (χ4v) is 2.68. The zero-order valence-corrected chi connectivity index (χ0v) is 14.7. The second-order valence-electron chi connectivity index (χ2n) is 5.90. The Hall–Kier alpha value is -3.74. The van der Waals surface area contributed by atoms with Gasteiger partial charge in [0.25, 0.3) is 5.69 Å². The van der Waals surface area contributed by atoms with Crippen molar-refractivity contribution < 1.29 is 9.72 Å². The van der Waals surface area contributed by atoms with E-state index in [1.54, 1.807) is 31.6 Å². The minimum absolute atomic E-state index is 0.0267. The number of non-ortho nitro benzene ring substituents is 1. The number of anilines is 1. The maximum absolute atomic E-state index is 12.5. The molecule has 3 rings (SSSR count). The number of carbonyl (C=O) groups excluding carboxylic acids is 1. The number of para-hydroxylation sites is 1. The summed E-state index contributed by atoms with van der Waals surface area (Å²) >= 11 is 0. The summed E-state index contributed by atoms with van der Waals surface area (Å²) in [5.74, 6) is 0. The first-order valence-corrected chi connectivity index (χ1v) is 8.30. The maximum atomic E-state index is 12.5. The van der Waals surface area contributed by atoms with E-state index in [4.69, 9.17) is 0 Å². The van der Waals surface area contributed by atoms with Crippen LogP contribution in [0.2, 0.25) is 0 Å².